The fraction of sp³-hybridized carbons (Fsp3) is 0.462. The number of aryl methyl sites for hydroxylation is 1. The van der Waals surface area contributed by atoms with E-state index < -0.39 is 0 Å². The molecule has 1 aromatic heterocycles. The highest BCUT2D eigenvalue weighted by Crippen LogP contribution is 2.01. The van der Waals surface area contributed by atoms with Crippen molar-refractivity contribution in [3.63, 3.8) is 0 Å². The molecule has 1 aromatic rings. The van der Waals surface area contributed by atoms with Crippen LogP contribution in [0.5, 0.6) is 0 Å². The van der Waals surface area contributed by atoms with E-state index in [-0.39, 0.29) is 0 Å². The quantitative estimate of drug-likeness (QED) is 0.432. The predicted octanol–water partition coefficient (Wildman–Crippen LogP) is 3.21. The molecule has 0 radical (unpaired) electrons. The number of alkyl halides is 1. The van der Waals surface area contributed by atoms with Gasteiger partial charge in [-0.15, -0.1) is 17.5 Å². The zero-order valence-electron chi connectivity index (χ0n) is 9.09. The Morgan fingerprint density at radius 2 is 2.20 bits per heavy atom. The summed E-state index contributed by atoms with van der Waals surface area (Å²) in [6.07, 6.45) is 5.56. The molecule has 80 valence electrons. The molecule has 0 aliphatic heterocycles. The Labute approximate surface area is 96.9 Å². The molecule has 0 fully saturated rings. The van der Waals surface area contributed by atoms with Gasteiger partial charge in [-0.2, -0.15) is 0 Å². The molecule has 1 heterocycles. The number of pyridine rings is 1. The first kappa shape index (κ1) is 12.1. The van der Waals surface area contributed by atoms with Crippen molar-refractivity contribution < 1.29 is 0 Å². The van der Waals surface area contributed by atoms with Gasteiger partial charge in [0, 0.05) is 18.5 Å². The van der Waals surface area contributed by atoms with Crippen LogP contribution in [0, 0.1) is 11.8 Å². The molecule has 0 bridgehead atoms. The van der Waals surface area contributed by atoms with Crippen molar-refractivity contribution in [2.24, 2.45) is 0 Å². The zero-order chi connectivity index (χ0) is 10.9. The zero-order valence-corrected chi connectivity index (χ0v) is 9.85. The average Bonchev–Trinajstić information content (AvgIpc) is 2.30. The lowest BCUT2D eigenvalue weighted by molar-refractivity contribution is 0.988. The summed E-state index contributed by atoms with van der Waals surface area (Å²) in [6.45, 7) is 2.13. The minimum atomic E-state index is 0.693. The van der Waals surface area contributed by atoms with Gasteiger partial charge in [0.2, 0.25) is 0 Å². The molecule has 0 atom stereocenters. The molecule has 0 spiro atoms. The summed E-state index contributed by atoms with van der Waals surface area (Å²) in [4.78, 5) is 4.34. The van der Waals surface area contributed by atoms with E-state index in [1.807, 2.05) is 6.20 Å². The normalized spacial score (nSPS) is 9.47. The second kappa shape index (κ2) is 7.31. The molecule has 0 aliphatic carbocycles. The SMILES string of the molecule is CCc1ccc(CC#CCCCCl)nc1. The van der Waals surface area contributed by atoms with Gasteiger partial charge < -0.3 is 0 Å². The molecule has 15 heavy (non-hydrogen) atoms. The van der Waals surface area contributed by atoms with Gasteiger partial charge in [0.1, 0.15) is 0 Å². The van der Waals surface area contributed by atoms with Crippen molar-refractivity contribution in [1.82, 2.24) is 4.98 Å². The minimum absolute atomic E-state index is 0.693. The molecule has 0 saturated carbocycles. The number of rotatable bonds is 4. The van der Waals surface area contributed by atoms with Gasteiger partial charge in [0.15, 0.2) is 0 Å². The standard InChI is InChI=1S/C13H16ClN/c1-2-12-8-9-13(15-11-12)7-5-3-4-6-10-14/h8-9,11H,2,4,6-7,10H2,1H3. The van der Waals surface area contributed by atoms with Crippen LogP contribution < -0.4 is 0 Å². The van der Waals surface area contributed by atoms with E-state index in [1.165, 1.54) is 5.56 Å². The lowest BCUT2D eigenvalue weighted by Gasteiger charge is -1.96. The highest BCUT2D eigenvalue weighted by Gasteiger charge is 1.91. The number of hydrogen-bond donors (Lipinski definition) is 0. The first-order valence-corrected chi connectivity index (χ1v) is 5.85. The molecule has 0 aromatic carbocycles. The van der Waals surface area contributed by atoms with Crippen molar-refractivity contribution in [1.29, 1.82) is 0 Å². The molecule has 0 saturated heterocycles. The topological polar surface area (TPSA) is 12.9 Å². The van der Waals surface area contributed by atoms with Crippen molar-refractivity contribution in [2.75, 3.05) is 5.88 Å². The summed E-state index contributed by atoms with van der Waals surface area (Å²) < 4.78 is 0. The van der Waals surface area contributed by atoms with Crippen LogP contribution in [0.3, 0.4) is 0 Å². The third-order valence-electron chi connectivity index (χ3n) is 2.12. The second-order valence-electron chi connectivity index (χ2n) is 3.33. The summed E-state index contributed by atoms with van der Waals surface area (Å²) >= 11 is 5.55. The van der Waals surface area contributed by atoms with Crippen LogP contribution in [0.15, 0.2) is 18.3 Å². The largest absolute Gasteiger partial charge is 0.260 e. The van der Waals surface area contributed by atoms with Gasteiger partial charge in [-0.3, -0.25) is 4.98 Å². The summed E-state index contributed by atoms with van der Waals surface area (Å²) in [5.74, 6) is 6.88. The van der Waals surface area contributed by atoms with Gasteiger partial charge in [-0.05, 0) is 24.5 Å². The molecule has 0 aliphatic rings. The molecule has 0 amide bonds. The van der Waals surface area contributed by atoms with Gasteiger partial charge in [-0.1, -0.05) is 18.9 Å². The van der Waals surface area contributed by atoms with Gasteiger partial charge in [0.25, 0.3) is 0 Å². The molecular weight excluding hydrogens is 206 g/mol. The van der Waals surface area contributed by atoms with E-state index in [2.05, 4.69) is 35.9 Å². The van der Waals surface area contributed by atoms with Gasteiger partial charge in [-0.25, -0.2) is 0 Å². The van der Waals surface area contributed by atoms with Crippen LogP contribution in [0.4, 0.5) is 0 Å². The molecular formula is C13H16ClN. The number of halogens is 1. The summed E-state index contributed by atoms with van der Waals surface area (Å²) in [5.41, 5.74) is 2.32. The van der Waals surface area contributed by atoms with Crippen LogP contribution in [0.1, 0.15) is 31.0 Å². The summed E-state index contributed by atoms with van der Waals surface area (Å²) in [5, 5.41) is 0. The summed E-state index contributed by atoms with van der Waals surface area (Å²) in [7, 11) is 0. The number of aromatic nitrogens is 1. The van der Waals surface area contributed by atoms with Crippen molar-refractivity contribution in [3.05, 3.63) is 29.6 Å². The van der Waals surface area contributed by atoms with Crippen molar-refractivity contribution >= 4 is 11.6 Å². The maximum Gasteiger partial charge on any atom is 0.0522 e. The lowest BCUT2D eigenvalue weighted by Crippen LogP contribution is -1.89. The Morgan fingerprint density at radius 1 is 1.33 bits per heavy atom. The Morgan fingerprint density at radius 3 is 2.80 bits per heavy atom. The fourth-order valence-corrected chi connectivity index (χ4v) is 1.30. The molecule has 2 heteroatoms. The number of nitrogens with zero attached hydrogens (tertiary/aromatic N) is 1. The molecule has 1 rings (SSSR count). The first-order chi connectivity index (χ1) is 7.36. The smallest absolute Gasteiger partial charge is 0.0522 e. The maximum atomic E-state index is 5.55. The minimum Gasteiger partial charge on any atom is -0.260 e. The van der Waals surface area contributed by atoms with Gasteiger partial charge in [0.05, 0.1) is 12.1 Å². The van der Waals surface area contributed by atoms with E-state index in [0.717, 1.165) is 31.4 Å². The van der Waals surface area contributed by atoms with Crippen LogP contribution in [-0.2, 0) is 12.8 Å². The highest BCUT2D eigenvalue weighted by molar-refractivity contribution is 6.17. The monoisotopic (exact) mass is 221 g/mol. The Balaban J connectivity index is 2.39. The van der Waals surface area contributed by atoms with Crippen molar-refractivity contribution in [3.8, 4) is 11.8 Å². The Hall–Kier alpha value is -1.000. The highest BCUT2D eigenvalue weighted by atomic mass is 35.5. The Kier molecular flexibility index (Phi) is 5.88. The number of unbranched alkanes of at least 4 members (excludes halogenated alkanes) is 1. The van der Waals surface area contributed by atoms with Crippen LogP contribution in [-0.4, -0.2) is 10.9 Å². The molecule has 0 unspecified atom stereocenters. The number of hydrogen-bond acceptors (Lipinski definition) is 1. The average molecular weight is 222 g/mol. The third-order valence-corrected chi connectivity index (χ3v) is 2.39. The lowest BCUT2D eigenvalue weighted by atomic mass is 10.2. The van der Waals surface area contributed by atoms with Gasteiger partial charge >= 0.3 is 0 Å². The van der Waals surface area contributed by atoms with E-state index in [0.29, 0.717) is 5.88 Å². The van der Waals surface area contributed by atoms with Crippen LogP contribution in [0.2, 0.25) is 0 Å². The fourth-order valence-electron chi connectivity index (χ4n) is 1.17. The third kappa shape index (κ3) is 4.85. The van der Waals surface area contributed by atoms with Crippen LogP contribution >= 0.6 is 11.6 Å². The second-order valence-corrected chi connectivity index (χ2v) is 3.71. The predicted molar refractivity (Wildman–Crippen MR) is 65.0 cm³/mol. The maximum absolute atomic E-state index is 5.55. The molecule has 1 nitrogen and oxygen atoms in total. The molecule has 0 N–H and O–H groups in total. The van der Waals surface area contributed by atoms with Crippen molar-refractivity contribution in [2.45, 2.75) is 32.6 Å². The Bertz CT molecular complexity index is 332. The van der Waals surface area contributed by atoms with Crippen LogP contribution in [0.25, 0.3) is 0 Å². The van der Waals surface area contributed by atoms with E-state index >= 15 is 0 Å². The van der Waals surface area contributed by atoms with E-state index in [9.17, 15) is 0 Å². The first-order valence-electron chi connectivity index (χ1n) is 5.32. The van der Waals surface area contributed by atoms with E-state index in [1.54, 1.807) is 0 Å². The summed E-state index contributed by atoms with van der Waals surface area (Å²) in [6, 6.07) is 4.16. The van der Waals surface area contributed by atoms with E-state index in [4.69, 9.17) is 11.6 Å².